The van der Waals surface area contributed by atoms with Crippen molar-refractivity contribution in [1.82, 2.24) is 14.9 Å². The van der Waals surface area contributed by atoms with Gasteiger partial charge >= 0.3 is 5.97 Å². The number of aromatic nitrogens is 2. The first kappa shape index (κ1) is 15.4. The Hall–Kier alpha value is -1.69. The molecule has 1 heterocycles. The molecule has 0 saturated heterocycles. The lowest BCUT2D eigenvalue weighted by Crippen LogP contribution is -2.29. The Morgan fingerprint density at radius 1 is 1.32 bits per heavy atom. The average molecular weight is 266 g/mol. The fourth-order valence-corrected chi connectivity index (χ4v) is 1.78. The second kappa shape index (κ2) is 7.04. The van der Waals surface area contributed by atoms with Gasteiger partial charge in [0.25, 0.3) is 0 Å². The number of carboxylic acids is 1. The van der Waals surface area contributed by atoms with Crippen LogP contribution in [0.25, 0.3) is 0 Å². The fraction of sp³-hybridized carbons (Fsp3) is 0.615. The molecule has 106 valence electrons. The molecule has 1 N–H and O–H groups in total. The molecule has 1 rings (SSSR count). The van der Waals surface area contributed by atoms with E-state index in [2.05, 4.69) is 14.9 Å². The van der Waals surface area contributed by atoms with Crippen LogP contribution in [0, 0.1) is 6.92 Å². The standard InChI is InChI=1S/C13H22N4O2/c1-5-17(8-6-7-16(3)4)13-14-10(2)9-11(15-13)12(18)19/h9H,5-8H2,1-4H3,(H,18,19). The van der Waals surface area contributed by atoms with Crippen LogP contribution >= 0.6 is 0 Å². The molecule has 0 aromatic carbocycles. The van der Waals surface area contributed by atoms with E-state index in [9.17, 15) is 4.79 Å². The third kappa shape index (κ3) is 4.82. The van der Waals surface area contributed by atoms with Gasteiger partial charge in [0.15, 0.2) is 5.69 Å². The molecule has 19 heavy (non-hydrogen) atoms. The zero-order valence-electron chi connectivity index (χ0n) is 12.1. The van der Waals surface area contributed by atoms with Gasteiger partial charge in [-0.05, 0) is 47.0 Å². The highest BCUT2D eigenvalue weighted by molar-refractivity contribution is 5.85. The quantitative estimate of drug-likeness (QED) is 0.801. The SMILES string of the molecule is CCN(CCCN(C)C)c1nc(C)cc(C(=O)O)n1. The van der Waals surface area contributed by atoms with E-state index in [0.717, 1.165) is 26.1 Å². The van der Waals surface area contributed by atoms with Gasteiger partial charge in [0.1, 0.15) is 0 Å². The molecule has 0 aliphatic carbocycles. The Balaban J connectivity index is 2.82. The lowest BCUT2D eigenvalue weighted by molar-refractivity contribution is 0.0690. The molecular formula is C13H22N4O2. The van der Waals surface area contributed by atoms with Crippen LogP contribution in [-0.2, 0) is 0 Å². The normalized spacial score (nSPS) is 10.8. The van der Waals surface area contributed by atoms with E-state index in [0.29, 0.717) is 11.6 Å². The monoisotopic (exact) mass is 266 g/mol. The van der Waals surface area contributed by atoms with Crippen LogP contribution < -0.4 is 4.90 Å². The first-order valence-electron chi connectivity index (χ1n) is 6.42. The average Bonchev–Trinajstić information content (AvgIpc) is 2.33. The Labute approximate surface area is 114 Å². The maximum absolute atomic E-state index is 11.0. The molecule has 0 amide bonds. The van der Waals surface area contributed by atoms with E-state index in [1.165, 1.54) is 6.07 Å². The van der Waals surface area contributed by atoms with E-state index < -0.39 is 5.97 Å². The first-order valence-corrected chi connectivity index (χ1v) is 6.42. The first-order chi connectivity index (χ1) is 8.93. The molecule has 6 nitrogen and oxygen atoms in total. The maximum atomic E-state index is 11.0. The molecule has 0 spiro atoms. The Morgan fingerprint density at radius 2 is 2.00 bits per heavy atom. The molecular weight excluding hydrogens is 244 g/mol. The van der Waals surface area contributed by atoms with Gasteiger partial charge in [0.05, 0.1) is 0 Å². The van der Waals surface area contributed by atoms with Crippen LogP contribution in [0.4, 0.5) is 5.95 Å². The summed E-state index contributed by atoms with van der Waals surface area (Å²) in [6, 6.07) is 1.49. The van der Waals surface area contributed by atoms with Crippen molar-refractivity contribution >= 4 is 11.9 Å². The summed E-state index contributed by atoms with van der Waals surface area (Å²) in [5.41, 5.74) is 0.724. The van der Waals surface area contributed by atoms with Crippen molar-refractivity contribution in [2.24, 2.45) is 0 Å². The van der Waals surface area contributed by atoms with Crippen molar-refractivity contribution in [3.63, 3.8) is 0 Å². The zero-order chi connectivity index (χ0) is 14.4. The van der Waals surface area contributed by atoms with Crippen molar-refractivity contribution in [2.75, 3.05) is 38.6 Å². The van der Waals surface area contributed by atoms with Gasteiger partial charge in [-0.15, -0.1) is 0 Å². The van der Waals surface area contributed by atoms with Crippen molar-refractivity contribution in [2.45, 2.75) is 20.3 Å². The fourth-order valence-electron chi connectivity index (χ4n) is 1.78. The van der Waals surface area contributed by atoms with E-state index in [4.69, 9.17) is 5.11 Å². The molecule has 0 saturated carbocycles. The smallest absolute Gasteiger partial charge is 0.354 e. The predicted molar refractivity (Wildman–Crippen MR) is 74.8 cm³/mol. The summed E-state index contributed by atoms with van der Waals surface area (Å²) in [6.07, 6.45) is 0.987. The van der Waals surface area contributed by atoms with Crippen LogP contribution in [0.2, 0.25) is 0 Å². The number of hydrogen-bond acceptors (Lipinski definition) is 5. The van der Waals surface area contributed by atoms with Gasteiger partial charge in [-0.3, -0.25) is 0 Å². The molecule has 0 unspecified atom stereocenters. The van der Waals surface area contributed by atoms with Crippen molar-refractivity contribution in [1.29, 1.82) is 0 Å². The molecule has 0 aliphatic rings. The maximum Gasteiger partial charge on any atom is 0.354 e. The number of aromatic carboxylic acids is 1. The molecule has 0 fully saturated rings. The summed E-state index contributed by atoms with van der Waals surface area (Å²) in [5, 5.41) is 9.02. The van der Waals surface area contributed by atoms with Gasteiger partial charge < -0.3 is 14.9 Å². The number of rotatable bonds is 7. The van der Waals surface area contributed by atoms with Crippen LogP contribution in [0.15, 0.2) is 6.07 Å². The molecule has 0 bridgehead atoms. The van der Waals surface area contributed by atoms with Crippen molar-refractivity contribution in [3.8, 4) is 0 Å². The highest BCUT2D eigenvalue weighted by Gasteiger charge is 2.13. The summed E-state index contributed by atoms with van der Waals surface area (Å²) in [7, 11) is 4.06. The third-order valence-electron chi connectivity index (χ3n) is 2.76. The second-order valence-electron chi connectivity index (χ2n) is 4.74. The topological polar surface area (TPSA) is 69.6 Å². The van der Waals surface area contributed by atoms with Gasteiger partial charge in [-0.1, -0.05) is 0 Å². The molecule has 1 aromatic rings. The summed E-state index contributed by atoms with van der Waals surface area (Å²) in [6.45, 7) is 6.36. The number of nitrogens with zero attached hydrogens (tertiary/aromatic N) is 4. The number of carboxylic acid groups (broad SMARTS) is 1. The predicted octanol–water partition coefficient (Wildman–Crippen LogP) is 1.26. The highest BCUT2D eigenvalue weighted by Crippen LogP contribution is 2.11. The zero-order valence-corrected chi connectivity index (χ0v) is 12.1. The van der Waals surface area contributed by atoms with Gasteiger partial charge in [0, 0.05) is 18.8 Å². The molecule has 0 radical (unpaired) electrons. The minimum absolute atomic E-state index is 0.0496. The number of anilines is 1. The Kier molecular flexibility index (Phi) is 5.69. The van der Waals surface area contributed by atoms with E-state index in [1.807, 2.05) is 25.9 Å². The van der Waals surface area contributed by atoms with Gasteiger partial charge in [0.2, 0.25) is 5.95 Å². The summed E-state index contributed by atoms with van der Waals surface area (Å²) >= 11 is 0. The third-order valence-corrected chi connectivity index (χ3v) is 2.76. The molecule has 0 aliphatic heterocycles. The Bertz CT molecular complexity index is 435. The second-order valence-corrected chi connectivity index (χ2v) is 4.74. The molecule has 0 atom stereocenters. The number of hydrogen-bond donors (Lipinski definition) is 1. The van der Waals surface area contributed by atoms with Crippen LogP contribution in [-0.4, -0.2) is 59.7 Å². The van der Waals surface area contributed by atoms with Crippen LogP contribution in [0.1, 0.15) is 29.5 Å². The lowest BCUT2D eigenvalue weighted by Gasteiger charge is -2.22. The van der Waals surface area contributed by atoms with Crippen LogP contribution in [0.5, 0.6) is 0 Å². The minimum atomic E-state index is -1.02. The summed E-state index contributed by atoms with van der Waals surface area (Å²) < 4.78 is 0. The van der Waals surface area contributed by atoms with E-state index >= 15 is 0 Å². The van der Waals surface area contributed by atoms with E-state index in [-0.39, 0.29) is 5.69 Å². The lowest BCUT2D eigenvalue weighted by atomic mass is 10.3. The summed E-state index contributed by atoms with van der Waals surface area (Å²) in [5.74, 6) is -0.519. The molecule has 1 aromatic heterocycles. The Morgan fingerprint density at radius 3 is 2.53 bits per heavy atom. The minimum Gasteiger partial charge on any atom is -0.477 e. The molecule has 6 heteroatoms. The summed E-state index contributed by atoms with van der Waals surface area (Å²) in [4.78, 5) is 23.6. The largest absolute Gasteiger partial charge is 0.477 e. The highest BCUT2D eigenvalue weighted by atomic mass is 16.4. The van der Waals surface area contributed by atoms with Crippen molar-refractivity contribution < 1.29 is 9.90 Å². The number of aryl methyl sites for hydroxylation is 1. The van der Waals surface area contributed by atoms with Crippen LogP contribution in [0.3, 0.4) is 0 Å². The number of carbonyl (C=O) groups is 1. The van der Waals surface area contributed by atoms with Crippen molar-refractivity contribution in [3.05, 3.63) is 17.5 Å². The van der Waals surface area contributed by atoms with Gasteiger partial charge in [-0.25, -0.2) is 14.8 Å². The van der Waals surface area contributed by atoms with Gasteiger partial charge in [-0.2, -0.15) is 0 Å². The van der Waals surface area contributed by atoms with E-state index in [1.54, 1.807) is 6.92 Å².